The zero-order valence-electron chi connectivity index (χ0n) is 16.1. The molecule has 6 nitrogen and oxygen atoms in total. The molecule has 4 aromatic rings. The fourth-order valence-electron chi connectivity index (χ4n) is 3.77. The predicted molar refractivity (Wildman–Crippen MR) is 120 cm³/mol. The fourth-order valence-corrected chi connectivity index (χ4v) is 5.30. The first kappa shape index (κ1) is 18.9. The van der Waals surface area contributed by atoms with Gasteiger partial charge in [-0.15, -0.1) is 27.8 Å². The Balaban J connectivity index is 1.58. The summed E-state index contributed by atoms with van der Waals surface area (Å²) in [7, 11) is 0. The largest absolute Gasteiger partial charge is 0.329 e. The topological polar surface area (TPSA) is 63.9 Å². The number of rotatable bonds is 5. The van der Waals surface area contributed by atoms with E-state index in [1.807, 2.05) is 64.9 Å². The second-order valence-corrected chi connectivity index (χ2v) is 8.96. The molecule has 1 fully saturated rings. The van der Waals surface area contributed by atoms with E-state index in [1.54, 1.807) is 27.4 Å². The van der Waals surface area contributed by atoms with E-state index in [9.17, 15) is 4.79 Å². The van der Waals surface area contributed by atoms with E-state index >= 15 is 0 Å². The van der Waals surface area contributed by atoms with Crippen LogP contribution >= 0.6 is 22.7 Å². The average Bonchev–Trinajstić information content (AvgIpc) is 3.58. The molecule has 0 saturated carbocycles. The van der Waals surface area contributed by atoms with Crippen LogP contribution < -0.4 is 0 Å². The van der Waals surface area contributed by atoms with Crippen LogP contribution in [0.5, 0.6) is 0 Å². The molecule has 0 aliphatic carbocycles. The van der Waals surface area contributed by atoms with E-state index in [4.69, 9.17) is 0 Å². The Hall–Kier alpha value is -3.10. The Morgan fingerprint density at radius 1 is 1.03 bits per heavy atom. The predicted octanol–water partition coefficient (Wildman–Crippen LogP) is 4.82. The first-order valence-electron chi connectivity index (χ1n) is 9.75. The summed E-state index contributed by atoms with van der Waals surface area (Å²) >= 11 is 3.28. The van der Waals surface area contributed by atoms with Gasteiger partial charge in [0.2, 0.25) is 0 Å². The molecule has 1 unspecified atom stereocenters. The van der Waals surface area contributed by atoms with Gasteiger partial charge in [-0.3, -0.25) is 4.79 Å². The maximum Gasteiger partial charge on any atom is 0.273 e. The molecule has 3 aromatic heterocycles. The summed E-state index contributed by atoms with van der Waals surface area (Å²) in [4.78, 5) is 18.0. The van der Waals surface area contributed by atoms with Crippen molar-refractivity contribution >= 4 is 40.4 Å². The molecule has 1 amide bonds. The number of carbonyl (C=O) groups excluding carboxylic acids is 1. The van der Waals surface area contributed by atoms with Gasteiger partial charge in [0.05, 0.1) is 6.04 Å². The highest BCUT2D eigenvalue weighted by molar-refractivity contribution is 7.11. The van der Waals surface area contributed by atoms with E-state index in [0.717, 1.165) is 29.8 Å². The summed E-state index contributed by atoms with van der Waals surface area (Å²) in [6.45, 7) is 0.728. The van der Waals surface area contributed by atoms with Crippen molar-refractivity contribution in [1.29, 1.82) is 0 Å². The van der Waals surface area contributed by atoms with Crippen LogP contribution in [-0.2, 0) is 4.79 Å². The van der Waals surface area contributed by atoms with E-state index in [0.29, 0.717) is 11.5 Å². The van der Waals surface area contributed by atoms with Crippen LogP contribution in [0.3, 0.4) is 0 Å². The summed E-state index contributed by atoms with van der Waals surface area (Å²) in [6, 6.07) is 17.9. The second-order valence-electron chi connectivity index (χ2n) is 7.00. The molecule has 4 heterocycles. The number of thiophene rings is 2. The molecule has 1 atom stereocenters. The summed E-state index contributed by atoms with van der Waals surface area (Å²) < 4.78 is 1.57. The molecule has 0 bridgehead atoms. The van der Waals surface area contributed by atoms with Gasteiger partial charge in [0.1, 0.15) is 5.70 Å². The minimum absolute atomic E-state index is 0.0521. The average molecular weight is 434 g/mol. The highest BCUT2D eigenvalue weighted by Crippen LogP contribution is 2.36. The van der Waals surface area contributed by atoms with Crippen molar-refractivity contribution in [3.05, 3.63) is 75.1 Å². The maximum absolute atomic E-state index is 13.8. The Bertz CT molecular complexity index is 1150. The third-order valence-electron chi connectivity index (χ3n) is 5.16. The number of likely N-dealkylation sites (tertiary alicyclic amines) is 1. The summed E-state index contributed by atoms with van der Waals surface area (Å²) in [6.07, 6.45) is 3.85. The van der Waals surface area contributed by atoms with Gasteiger partial charge in [-0.05, 0) is 52.2 Å². The van der Waals surface area contributed by atoms with Crippen molar-refractivity contribution in [3.8, 4) is 11.4 Å². The van der Waals surface area contributed by atoms with Crippen LogP contribution in [0.25, 0.3) is 23.2 Å². The van der Waals surface area contributed by atoms with Gasteiger partial charge in [-0.1, -0.05) is 42.5 Å². The van der Waals surface area contributed by atoms with Gasteiger partial charge in [-0.25, -0.2) is 0 Å². The van der Waals surface area contributed by atoms with Crippen LogP contribution in [0.1, 0.15) is 28.6 Å². The minimum atomic E-state index is -0.0521. The zero-order chi connectivity index (χ0) is 20.3. The Morgan fingerprint density at radius 2 is 1.87 bits per heavy atom. The van der Waals surface area contributed by atoms with Crippen molar-refractivity contribution in [2.24, 2.45) is 0 Å². The summed E-state index contributed by atoms with van der Waals surface area (Å²) in [5, 5.41) is 16.4. The van der Waals surface area contributed by atoms with Crippen LogP contribution in [0, 0.1) is 0 Å². The lowest BCUT2D eigenvalue weighted by Crippen LogP contribution is -2.32. The highest BCUT2D eigenvalue weighted by atomic mass is 32.1. The molecule has 1 aliphatic heterocycles. The molecule has 1 saturated heterocycles. The van der Waals surface area contributed by atoms with Gasteiger partial charge < -0.3 is 4.90 Å². The quantitative estimate of drug-likeness (QED) is 0.423. The van der Waals surface area contributed by atoms with Crippen molar-refractivity contribution in [2.45, 2.75) is 18.9 Å². The number of aromatic nitrogens is 4. The number of hydrogen-bond acceptors (Lipinski definition) is 6. The van der Waals surface area contributed by atoms with Crippen LogP contribution in [0.2, 0.25) is 0 Å². The third kappa shape index (κ3) is 3.59. The molecule has 1 aromatic carbocycles. The molecule has 30 heavy (non-hydrogen) atoms. The number of hydrogen-bond donors (Lipinski definition) is 0. The standard InChI is InChI=1S/C22H19N5OS2/c28-22(26-12-4-10-18(26)20-11-6-14-30-20)19(15-17-9-5-13-29-17)27-21(23-24-25-27)16-7-2-1-3-8-16/h1-3,5-9,11,13-15,18H,4,10,12H2/b19-15-. The van der Waals surface area contributed by atoms with Gasteiger partial charge >= 0.3 is 0 Å². The first-order valence-corrected chi connectivity index (χ1v) is 11.5. The number of benzene rings is 1. The second kappa shape index (κ2) is 8.33. The van der Waals surface area contributed by atoms with Crippen molar-refractivity contribution in [3.63, 3.8) is 0 Å². The van der Waals surface area contributed by atoms with E-state index in [1.165, 1.54) is 4.88 Å². The maximum atomic E-state index is 13.8. The van der Waals surface area contributed by atoms with Gasteiger partial charge in [0.15, 0.2) is 5.82 Å². The lowest BCUT2D eigenvalue weighted by Gasteiger charge is -2.25. The molecular formula is C22H19N5OS2. The molecule has 0 radical (unpaired) electrons. The van der Waals surface area contributed by atoms with Crippen LogP contribution in [-0.4, -0.2) is 37.6 Å². The molecule has 1 aliphatic rings. The smallest absolute Gasteiger partial charge is 0.273 e. The lowest BCUT2D eigenvalue weighted by atomic mass is 10.1. The molecule has 150 valence electrons. The SMILES string of the molecule is O=C(/C(=C/c1cccs1)n1nnnc1-c1ccccc1)N1CCCC1c1cccs1. The molecule has 0 N–H and O–H groups in total. The zero-order valence-corrected chi connectivity index (χ0v) is 17.7. The highest BCUT2D eigenvalue weighted by Gasteiger charge is 2.34. The number of amides is 1. The van der Waals surface area contributed by atoms with Crippen LogP contribution in [0.4, 0.5) is 0 Å². The van der Waals surface area contributed by atoms with Gasteiger partial charge in [-0.2, -0.15) is 4.68 Å². The Morgan fingerprint density at radius 3 is 2.63 bits per heavy atom. The van der Waals surface area contributed by atoms with Gasteiger partial charge in [0.25, 0.3) is 5.91 Å². The number of nitrogens with zero attached hydrogens (tertiary/aromatic N) is 5. The number of carbonyl (C=O) groups is 1. The van der Waals surface area contributed by atoms with Crippen molar-refractivity contribution in [1.82, 2.24) is 25.1 Å². The lowest BCUT2D eigenvalue weighted by molar-refractivity contribution is -0.126. The van der Waals surface area contributed by atoms with E-state index in [2.05, 4.69) is 27.0 Å². The number of tetrazole rings is 1. The molecule has 5 rings (SSSR count). The van der Waals surface area contributed by atoms with Crippen molar-refractivity contribution < 1.29 is 4.79 Å². The molecule has 8 heteroatoms. The normalized spacial score (nSPS) is 16.9. The fraction of sp³-hybridized carbons (Fsp3) is 0.182. The van der Waals surface area contributed by atoms with Gasteiger partial charge in [0, 0.05) is 21.9 Å². The Labute approximate surface area is 182 Å². The van der Waals surface area contributed by atoms with Crippen LogP contribution in [0.15, 0.2) is 65.4 Å². The summed E-state index contributed by atoms with van der Waals surface area (Å²) in [5.74, 6) is 0.502. The Kier molecular flexibility index (Phi) is 5.25. The minimum Gasteiger partial charge on any atom is -0.329 e. The van der Waals surface area contributed by atoms with E-state index < -0.39 is 0 Å². The van der Waals surface area contributed by atoms with E-state index in [-0.39, 0.29) is 11.9 Å². The molecule has 0 spiro atoms. The summed E-state index contributed by atoms with van der Waals surface area (Å²) in [5.41, 5.74) is 1.33. The molecular weight excluding hydrogens is 414 g/mol. The third-order valence-corrected chi connectivity index (χ3v) is 6.95. The first-order chi connectivity index (χ1) is 14.8. The monoisotopic (exact) mass is 433 g/mol. The van der Waals surface area contributed by atoms with Crippen molar-refractivity contribution in [2.75, 3.05) is 6.54 Å².